The van der Waals surface area contributed by atoms with Crippen molar-refractivity contribution in [3.05, 3.63) is 11.8 Å². The van der Waals surface area contributed by atoms with Crippen LogP contribution in [0.15, 0.2) is 10.6 Å². The average Bonchev–Trinajstić information content (AvgIpc) is 2.93. The summed E-state index contributed by atoms with van der Waals surface area (Å²) >= 11 is 0. The molecule has 0 bridgehead atoms. The molecule has 0 aromatic carbocycles. The molecule has 2 unspecified atom stereocenters. The van der Waals surface area contributed by atoms with Gasteiger partial charge in [-0.25, -0.2) is 0 Å². The molecule has 0 saturated carbocycles. The van der Waals surface area contributed by atoms with Crippen molar-refractivity contribution in [1.29, 1.82) is 0 Å². The van der Waals surface area contributed by atoms with E-state index in [-0.39, 0.29) is 24.5 Å². The van der Waals surface area contributed by atoms with Gasteiger partial charge in [-0.15, -0.1) is 0 Å². The molecule has 124 valence electrons. The van der Waals surface area contributed by atoms with Crippen molar-refractivity contribution < 1.29 is 14.4 Å². The molecule has 0 spiro atoms. The van der Waals surface area contributed by atoms with Gasteiger partial charge >= 0.3 is 0 Å². The lowest BCUT2D eigenvalue weighted by molar-refractivity contribution is -0.122. The topological polar surface area (TPSA) is 78.6 Å². The molecule has 1 saturated heterocycles. The van der Waals surface area contributed by atoms with Crippen molar-refractivity contribution in [2.45, 2.75) is 52.0 Å². The fourth-order valence-electron chi connectivity index (χ4n) is 3.04. The number of rotatable bonds is 7. The predicted molar refractivity (Wildman–Crippen MR) is 84.6 cm³/mol. The second-order valence-electron chi connectivity index (χ2n) is 6.16. The fourth-order valence-corrected chi connectivity index (χ4v) is 3.04. The monoisotopic (exact) mass is 309 g/mol. The van der Waals surface area contributed by atoms with E-state index < -0.39 is 0 Å². The van der Waals surface area contributed by atoms with E-state index in [1.165, 1.54) is 0 Å². The van der Waals surface area contributed by atoms with Gasteiger partial charge in [0.1, 0.15) is 5.76 Å². The van der Waals surface area contributed by atoms with Crippen molar-refractivity contribution in [3.8, 4) is 0 Å². The van der Waals surface area contributed by atoms with Crippen LogP contribution >= 0.6 is 0 Å². The van der Waals surface area contributed by atoms with Gasteiger partial charge < -0.3 is 14.9 Å². The van der Waals surface area contributed by atoms with E-state index in [0.29, 0.717) is 11.6 Å². The number of amides is 1. The zero-order chi connectivity index (χ0) is 15.9. The molecule has 0 aliphatic carbocycles. The minimum Gasteiger partial charge on any atom is -0.396 e. The molecule has 2 atom stereocenters. The second kappa shape index (κ2) is 8.29. The van der Waals surface area contributed by atoms with Crippen molar-refractivity contribution in [2.75, 3.05) is 25.0 Å². The van der Waals surface area contributed by atoms with Crippen molar-refractivity contribution in [3.63, 3.8) is 0 Å². The van der Waals surface area contributed by atoms with Gasteiger partial charge in [-0.3, -0.25) is 9.69 Å². The number of aliphatic hydroxyl groups is 1. The average molecular weight is 309 g/mol. The van der Waals surface area contributed by atoms with Crippen LogP contribution in [0.5, 0.6) is 0 Å². The lowest BCUT2D eigenvalue weighted by Gasteiger charge is -2.37. The number of aromatic nitrogens is 1. The van der Waals surface area contributed by atoms with Crippen LogP contribution in [0.25, 0.3) is 0 Å². The van der Waals surface area contributed by atoms with Crippen LogP contribution in [0.4, 0.5) is 5.82 Å². The van der Waals surface area contributed by atoms with Gasteiger partial charge in [0, 0.05) is 19.2 Å². The SMILES string of the molecule is CCCCC(C(=O)Nc1cc(C)on1)N1CCCC(CO)C1. The highest BCUT2D eigenvalue weighted by molar-refractivity contribution is 5.94. The quantitative estimate of drug-likeness (QED) is 0.807. The van der Waals surface area contributed by atoms with Gasteiger partial charge in [-0.05, 0) is 38.6 Å². The van der Waals surface area contributed by atoms with Gasteiger partial charge in [0.05, 0.1) is 6.04 Å². The summed E-state index contributed by atoms with van der Waals surface area (Å²) in [6, 6.07) is 1.56. The summed E-state index contributed by atoms with van der Waals surface area (Å²) in [7, 11) is 0. The zero-order valence-electron chi connectivity index (χ0n) is 13.5. The van der Waals surface area contributed by atoms with E-state index in [1.807, 2.05) is 0 Å². The van der Waals surface area contributed by atoms with Gasteiger partial charge in [-0.2, -0.15) is 0 Å². The smallest absolute Gasteiger partial charge is 0.242 e. The third kappa shape index (κ3) is 4.55. The van der Waals surface area contributed by atoms with Crippen molar-refractivity contribution >= 4 is 11.7 Å². The molecule has 1 fully saturated rings. The number of unbranched alkanes of at least 4 members (excludes halogenated alkanes) is 1. The first kappa shape index (κ1) is 17.0. The molecule has 1 amide bonds. The third-order valence-electron chi connectivity index (χ3n) is 4.26. The summed E-state index contributed by atoms with van der Waals surface area (Å²) in [6.07, 6.45) is 4.97. The Morgan fingerprint density at radius 1 is 1.64 bits per heavy atom. The number of carbonyl (C=O) groups excluding carboxylic acids is 1. The molecule has 1 aromatic rings. The van der Waals surface area contributed by atoms with Gasteiger partial charge in [0.2, 0.25) is 5.91 Å². The summed E-state index contributed by atoms with van der Waals surface area (Å²) in [5.41, 5.74) is 0. The van der Waals surface area contributed by atoms with Gasteiger partial charge in [0.15, 0.2) is 5.82 Å². The summed E-state index contributed by atoms with van der Waals surface area (Å²) in [6.45, 7) is 5.82. The molecule has 2 heterocycles. The summed E-state index contributed by atoms with van der Waals surface area (Å²) in [4.78, 5) is 14.8. The maximum Gasteiger partial charge on any atom is 0.242 e. The van der Waals surface area contributed by atoms with E-state index in [0.717, 1.165) is 45.2 Å². The maximum absolute atomic E-state index is 12.6. The maximum atomic E-state index is 12.6. The largest absolute Gasteiger partial charge is 0.396 e. The van der Waals surface area contributed by atoms with Crippen LogP contribution in [0.3, 0.4) is 0 Å². The molecule has 22 heavy (non-hydrogen) atoms. The molecule has 1 aromatic heterocycles. The van der Waals surface area contributed by atoms with Crippen LogP contribution in [0.1, 0.15) is 44.8 Å². The predicted octanol–water partition coefficient (Wildman–Crippen LogP) is 2.18. The number of hydrogen-bond acceptors (Lipinski definition) is 5. The Morgan fingerprint density at radius 3 is 3.09 bits per heavy atom. The number of piperidine rings is 1. The van der Waals surface area contributed by atoms with E-state index >= 15 is 0 Å². The van der Waals surface area contributed by atoms with E-state index in [2.05, 4.69) is 22.3 Å². The first-order valence-corrected chi connectivity index (χ1v) is 8.23. The first-order valence-electron chi connectivity index (χ1n) is 8.23. The number of aliphatic hydroxyl groups excluding tert-OH is 1. The Labute approximate surface area is 131 Å². The van der Waals surface area contributed by atoms with Crippen molar-refractivity contribution in [1.82, 2.24) is 10.1 Å². The second-order valence-corrected chi connectivity index (χ2v) is 6.16. The van der Waals surface area contributed by atoms with E-state index in [9.17, 15) is 9.90 Å². The lowest BCUT2D eigenvalue weighted by atomic mass is 9.96. The van der Waals surface area contributed by atoms with Gasteiger partial charge in [0.25, 0.3) is 0 Å². The van der Waals surface area contributed by atoms with Crippen LogP contribution < -0.4 is 5.32 Å². The van der Waals surface area contributed by atoms with Crippen LogP contribution in [-0.4, -0.2) is 46.8 Å². The molecular weight excluding hydrogens is 282 g/mol. The molecular formula is C16H27N3O3. The molecule has 2 N–H and O–H groups in total. The lowest BCUT2D eigenvalue weighted by Crippen LogP contribution is -2.49. The number of nitrogens with zero attached hydrogens (tertiary/aromatic N) is 2. The van der Waals surface area contributed by atoms with Gasteiger partial charge in [-0.1, -0.05) is 24.9 Å². The molecule has 1 aliphatic rings. The third-order valence-corrected chi connectivity index (χ3v) is 4.26. The van der Waals surface area contributed by atoms with E-state index in [4.69, 9.17) is 4.52 Å². The number of carbonyl (C=O) groups is 1. The highest BCUT2D eigenvalue weighted by Gasteiger charge is 2.30. The summed E-state index contributed by atoms with van der Waals surface area (Å²) in [5, 5.41) is 16.1. The number of likely N-dealkylation sites (tertiary alicyclic amines) is 1. The molecule has 1 aliphatic heterocycles. The normalized spacial score (nSPS) is 20.8. The highest BCUT2D eigenvalue weighted by atomic mass is 16.5. The standard InChI is InChI=1S/C16H27N3O3/c1-3-4-7-14(19-8-5-6-13(10-19)11-20)16(21)17-15-9-12(2)22-18-15/h9,13-14,20H,3-8,10-11H2,1-2H3,(H,17,18,21). The Bertz CT molecular complexity index is 475. The molecule has 6 nitrogen and oxygen atoms in total. The zero-order valence-corrected chi connectivity index (χ0v) is 13.5. The summed E-state index contributed by atoms with van der Waals surface area (Å²) < 4.78 is 4.99. The van der Waals surface area contributed by atoms with E-state index in [1.54, 1.807) is 13.0 Å². The molecule has 6 heteroatoms. The van der Waals surface area contributed by atoms with Crippen LogP contribution in [0.2, 0.25) is 0 Å². The molecule has 2 rings (SSSR count). The molecule has 0 radical (unpaired) electrons. The minimum atomic E-state index is -0.161. The Kier molecular flexibility index (Phi) is 6.39. The van der Waals surface area contributed by atoms with Crippen LogP contribution in [-0.2, 0) is 4.79 Å². The van der Waals surface area contributed by atoms with Crippen LogP contribution in [0, 0.1) is 12.8 Å². The summed E-state index contributed by atoms with van der Waals surface area (Å²) in [5.74, 6) is 1.40. The Hall–Kier alpha value is -1.40. The number of hydrogen-bond donors (Lipinski definition) is 2. The number of nitrogens with one attached hydrogen (secondary N) is 1. The number of anilines is 1. The fraction of sp³-hybridized carbons (Fsp3) is 0.750. The first-order chi connectivity index (χ1) is 10.6. The van der Waals surface area contributed by atoms with Crippen molar-refractivity contribution in [2.24, 2.45) is 5.92 Å². The Balaban J connectivity index is 2.02. The Morgan fingerprint density at radius 2 is 2.45 bits per heavy atom. The number of aryl methyl sites for hydroxylation is 1. The minimum absolute atomic E-state index is 0.0275. The highest BCUT2D eigenvalue weighted by Crippen LogP contribution is 2.21.